The third kappa shape index (κ3) is 3.84. The fourth-order valence-corrected chi connectivity index (χ4v) is 2.71. The van der Waals surface area contributed by atoms with Crippen LogP contribution >= 0.6 is 0 Å². The van der Waals surface area contributed by atoms with Crippen LogP contribution in [0.5, 0.6) is 11.5 Å². The number of hydrogen-bond acceptors (Lipinski definition) is 7. The number of esters is 1. The van der Waals surface area contributed by atoms with E-state index in [4.69, 9.17) is 14.2 Å². The minimum atomic E-state index is -0.846. The first-order chi connectivity index (χ1) is 12.9. The highest BCUT2D eigenvalue weighted by Crippen LogP contribution is 2.30. The van der Waals surface area contributed by atoms with Gasteiger partial charge in [0, 0.05) is 19.0 Å². The zero-order chi connectivity index (χ0) is 19.6. The zero-order valence-corrected chi connectivity index (χ0v) is 15.4. The molecule has 1 aliphatic heterocycles. The molecule has 1 aromatic carbocycles. The van der Waals surface area contributed by atoms with Crippen molar-refractivity contribution in [3.05, 3.63) is 50.9 Å². The molecule has 1 aromatic heterocycles. The number of ketones is 1. The lowest BCUT2D eigenvalue weighted by molar-refractivity contribution is 0.0471. The highest BCUT2D eigenvalue weighted by molar-refractivity contribution is 6.00. The third-order valence-corrected chi connectivity index (χ3v) is 4.33. The zero-order valence-electron chi connectivity index (χ0n) is 15.4. The normalized spacial score (nSPS) is 13.0. The summed E-state index contributed by atoms with van der Waals surface area (Å²) >= 11 is 0. The predicted octanol–water partition coefficient (Wildman–Crippen LogP) is 1.60. The molecule has 0 saturated heterocycles. The van der Waals surface area contributed by atoms with Crippen molar-refractivity contribution in [1.82, 2.24) is 9.78 Å². The molecule has 8 nitrogen and oxygen atoms in total. The van der Waals surface area contributed by atoms with Crippen LogP contribution in [0.15, 0.2) is 23.0 Å². The number of ether oxygens (including phenoxy) is 3. The van der Waals surface area contributed by atoms with Gasteiger partial charge >= 0.3 is 5.97 Å². The van der Waals surface area contributed by atoms with Crippen LogP contribution in [0.25, 0.3) is 0 Å². The average Bonchev–Trinajstić information content (AvgIpc) is 2.89. The van der Waals surface area contributed by atoms with Crippen LogP contribution < -0.4 is 15.0 Å². The lowest BCUT2D eigenvalue weighted by atomic mass is 10.1. The van der Waals surface area contributed by atoms with E-state index in [1.54, 1.807) is 32.0 Å². The molecule has 0 saturated carbocycles. The molecule has 1 aliphatic rings. The molecule has 2 heterocycles. The SMILES string of the molecule is Cc1nn(C)c(=O)c(C(=O)OCC(=O)c2ccc3c(c2)OCCCO3)c1C. The van der Waals surface area contributed by atoms with Crippen molar-refractivity contribution in [3.63, 3.8) is 0 Å². The highest BCUT2D eigenvalue weighted by Gasteiger charge is 2.21. The van der Waals surface area contributed by atoms with Gasteiger partial charge in [-0.05, 0) is 37.6 Å². The molecule has 3 rings (SSSR count). The van der Waals surface area contributed by atoms with E-state index in [1.165, 1.54) is 7.05 Å². The van der Waals surface area contributed by atoms with Gasteiger partial charge in [0.25, 0.3) is 5.56 Å². The molecule has 0 amide bonds. The number of aromatic nitrogens is 2. The first-order valence-corrected chi connectivity index (χ1v) is 8.53. The van der Waals surface area contributed by atoms with Crippen LogP contribution in [0.2, 0.25) is 0 Å². The Kier molecular flexibility index (Phi) is 5.25. The second-order valence-corrected chi connectivity index (χ2v) is 6.23. The van der Waals surface area contributed by atoms with Gasteiger partial charge in [-0.25, -0.2) is 9.48 Å². The van der Waals surface area contributed by atoms with Crippen molar-refractivity contribution in [2.24, 2.45) is 7.05 Å². The molecule has 2 aromatic rings. The Morgan fingerprint density at radius 1 is 1.19 bits per heavy atom. The van der Waals surface area contributed by atoms with E-state index >= 15 is 0 Å². The van der Waals surface area contributed by atoms with Gasteiger partial charge < -0.3 is 14.2 Å². The number of Topliss-reactive ketones (excluding diaryl/α,β-unsaturated/α-hetero) is 1. The van der Waals surface area contributed by atoms with Crippen LogP contribution in [0.3, 0.4) is 0 Å². The lowest BCUT2D eigenvalue weighted by Gasteiger charge is -2.11. The number of carbonyl (C=O) groups is 2. The maximum atomic E-state index is 12.4. The van der Waals surface area contributed by atoms with E-state index < -0.39 is 23.9 Å². The van der Waals surface area contributed by atoms with Gasteiger partial charge in [0.15, 0.2) is 23.9 Å². The molecule has 0 N–H and O–H groups in total. The van der Waals surface area contributed by atoms with E-state index in [-0.39, 0.29) is 5.56 Å². The largest absolute Gasteiger partial charge is 0.490 e. The van der Waals surface area contributed by atoms with Crippen molar-refractivity contribution >= 4 is 11.8 Å². The van der Waals surface area contributed by atoms with Gasteiger partial charge in [-0.3, -0.25) is 9.59 Å². The standard InChI is InChI=1S/C19H20N2O6/c1-11-12(2)20-21(3)18(23)17(11)19(24)27-10-14(22)13-5-6-15-16(9-13)26-8-4-7-25-15/h5-6,9H,4,7-8,10H2,1-3H3. The summed E-state index contributed by atoms with van der Waals surface area (Å²) in [6.07, 6.45) is 0.759. The minimum Gasteiger partial charge on any atom is -0.490 e. The van der Waals surface area contributed by atoms with Crippen molar-refractivity contribution in [2.45, 2.75) is 20.3 Å². The summed E-state index contributed by atoms with van der Waals surface area (Å²) < 4.78 is 17.2. The van der Waals surface area contributed by atoms with Crippen LogP contribution in [0.4, 0.5) is 0 Å². The monoisotopic (exact) mass is 372 g/mol. The minimum absolute atomic E-state index is 0.114. The molecule has 0 bridgehead atoms. The summed E-state index contributed by atoms with van der Waals surface area (Å²) in [4.78, 5) is 36.9. The smallest absolute Gasteiger partial charge is 0.344 e. The molecule has 0 spiro atoms. The first-order valence-electron chi connectivity index (χ1n) is 8.53. The molecule has 8 heteroatoms. The summed E-state index contributed by atoms with van der Waals surface area (Å²) in [5, 5.41) is 4.01. The summed E-state index contributed by atoms with van der Waals surface area (Å²) in [7, 11) is 1.45. The number of hydrogen-bond donors (Lipinski definition) is 0. The maximum absolute atomic E-state index is 12.4. The van der Waals surface area contributed by atoms with Gasteiger partial charge in [0.2, 0.25) is 0 Å². The van der Waals surface area contributed by atoms with Gasteiger partial charge in [-0.1, -0.05) is 0 Å². The van der Waals surface area contributed by atoms with E-state index in [0.717, 1.165) is 11.1 Å². The van der Waals surface area contributed by atoms with Crippen LogP contribution in [0, 0.1) is 13.8 Å². The first kappa shape index (κ1) is 18.6. The Morgan fingerprint density at radius 2 is 1.89 bits per heavy atom. The number of aryl methyl sites for hydroxylation is 2. The van der Waals surface area contributed by atoms with Crippen LogP contribution in [0.1, 0.15) is 38.4 Å². The molecule has 27 heavy (non-hydrogen) atoms. The number of nitrogens with zero attached hydrogens (tertiary/aromatic N) is 2. The molecule has 0 unspecified atom stereocenters. The van der Waals surface area contributed by atoms with Crippen molar-refractivity contribution in [3.8, 4) is 11.5 Å². The number of benzene rings is 1. The van der Waals surface area contributed by atoms with Crippen LogP contribution in [-0.4, -0.2) is 41.4 Å². The predicted molar refractivity (Wildman–Crippen MR) is 95.6 cm³/mol. The fourth-order valence-electron chi connectivity index (χ4n) is 2.71. The molecule has 0 radical (unpaired) electrons. The second kappa shape index (κ2) is 7.61. The number of fused-ring (bicyclic) bond motifs is 1. The fraction of sp³-hybridized carbons (Fsp3) is 0.368. The van der Waals surface area contributed by atoms with Crippen molar-refractivity contribution < 1.29 is 23.8 Å². The van der Waals surface area contributed by atoms with Gasteiger partial charge in [-0.15, -0.1) is 0 Å². The van der Waals surface area contributed by atoms with E-state index in [2.05, 4.69) is 5.10 Å². The molecule has 0 fully saturated rings. The van der Waals surface area contributed by atoms with E-state index in [9.17, 15) is 14.4 Å². The third-order valence-electron chi connectivity index (χ3n) is 4.33. The lowest BCUT2D eigenvalue weighted by Crippen LogP contribution is -2.30. The van der Waals surface area contributed by atoms with Crippen molar-refractivity contribution in [2.75, 3.05) is 19.8 Å². The second-order valence-electron chi connectivity index (χ2n) is 6.23. The quantitative estimate of drug-likeness (QED) is 0.594. The van der Waals surface area contributed by atoms with Crippen LogP contribution in [-0.2, 0) is 11.8 Å². The maximum Gasteiger partial charge on any atom is 0.344 e. The molecule has 142 valence electrons. The highest BCUT2D eigenvalue weighted by atomic mass is 16.5. The van der Waals surface area contributed by atoms with Gasteiger partial charge in [-0.2, -0.15) is 5.10 Å². The Hall–Kier alpha value is -3.16. The van der Waals surface area contributed by atoms with Crippen molar-refractivity contribution in [1.29, 1.82) is 0 Å². The molecular formula is C19H20N2O6. The van der Waals surface area contributed by atoms with E-state index in [0.29, 0.717) is 41.5 Å². The average molecular weight is 372 g/mol. The summed E-state index contributed by atoms with van der Waals surface area (Å²) in [5.41, 5.74) is 0.634. The summed E-state index contributed by atoms with van der Waals surface area (Å²) in [5.74, 6) is -0.188. The number of rotatable bonds is 4. The van der Waals surface area contributed by atoms with E-state index in [1.807, 2.05) is 0 Å². The Balaban J connectivity index is 1.74. The Morgan fingerprint density at radius 3 is 2.63 bits per heavy atom. The molecule has 0 atom stereocenters. The van der Waals surface area contributed by atoms with Gasteiger partial charge in [0.1, 0.15) is 5.56 Å². The Bertz CT molecular complexity index is 963. The Labute approximate surface area is 155 Å². The molecular weight excluding hydrogens is 352 g/mol. The summed E-state index contributed by atoms with van der Waals surface area (Å²) in [6.45, 7) is 3.88. The van der Waals surface area contributed by atoms with Gasteiger partial charge in [0.05, 0.1) is 18.9 Å². The molecule has 0 aliphatic carbocycles. The summed E-state index contributed by atoms with van der Waals surface area (Å²) in [6, 6.07) is 4.81. The topological polar surface area (TPSA) is 96.7 Å². The number of carbonyl (C=O) groups excluding carboxylic acids is 2.